The molecule has 0 N–H and O–H groups in total. The summed E-state index contributed by atoms with van der Waals surface area (Å²) in [5.41, 5.74) is 0. The second-order valence-corrected chi connectivity index (χ2v) is 5.85. The molecule has 1 aromatic rings. The highest BCUT2D eigenvalue weighted by molar-refractivity contribution is 7.99. The molecule has 0 aromatic heterocycles. The van der Waals surface area contributed by atoms with Gasteiger partial charge in [-0.15, -0.1) is 12.4 Å². The molecular formula is C15H22ClNO3S. The standard InChI is InChI=1S/C15H21NO3S.ClH/c17-15(13-19-14-5-2-1-3-6-14)18-10-4-7-16-8-11-20-12-9-16;/h1-3,5-6H,4,7-13H2;1H. The van der Waals surface area contributed by atoms with Crippen LogP contribution in [0.15, 0.2) is 30.3 Å². The molecule has 0 spiro atoms. The molecule has 1 aliphatic rings. The van der Waals surface area contributed by atoms with Gasteiger partial charge in [0.05, 0.1) is 6.61 Å². The number of nitrogens with zero attached hydrogens (tertiary/aromatic N) is 1. The van der Waals surface area contributed by atoms with E-state index in [0.29, 0.717) is 12.4 Å². The zero-order chi connectivity index (χ0) is 14.0. The highest BCUT2D eigenvalue weighted by Crippen LogP contribution is 2.09. The molecule has 1 heterocycles. The van der Waals surface area contributed by atoms with Crippen LogP contribution in [0.1, 0.15) is 6.42 Å². The highest BCUT2D eigenvalue weighted by atomic mass is 35.5. The number of thioether (sulfide) groups is 1. The van der Waals surface area contributed by atoms with E-state index in [1.165, 1.54) is 11.5 Å². The summed E-state index contributed by atoms with van der Waals surface area (Å²) in [6, 6.07) is 9.29. The van der Waals surface area contributed by atoms with Crippen molar-refractivity contribution < 1.29 is 14.3 Å². The number of esters is 1. The fourth-order valence-corrected chi connectivity index (χ4v) is 2.98. The van der Waals surface area contributed by atoms with Crippen LogP contribution in [0.5, 0.6) is 5.75 Å². The lowest BCUT2D eigenvalue weighted by molar-refractivity contribution is -0.146. The Balaban J connectivity index is 0.00000220. The summed E-state index contributed by atoms with van der Waals surface area (Å²) in [5, 5.41) is 0. The van der Waals surface area contributed by atoms with Crippen molar-refractivity contribution in [2.45, 2.75) is 6.42 Å². The van der Waals surface area contributed by atoms with Crippen molar-refractivity contribution in [1.82, 2.24) is 4.90 Å². The van der Waals surface area contributed by atoms with Gasteiger partial charge in [-0.2, -0.15) is 11.8 Å². The van der Waals surface area contributed by atoms with E-state index >= 15 is 0 Å². The van der Waals surface area contributed by atoms with Crippen LogP contribution in [0, 0.1) is 0 Å². The maximum atomic E-state index is 11.5. The van der Waals surface area contributed by atoms with E-state index in [0.717, 1.165) is 26.1 Å². The van der Waals surface area contributed by atoms with Crippen LogP contribution in [0.2, 0.25) is 0 Å². The molecule has 0 amide bonds. The summed E-state index contributed by atoms with van der Waals surface area (Å²) in [5.74, 6) is 2.81. The number of benzene rings is 1. The monoisotopic (exact) mass is 331 g/mol. The van der Waals surface area contributed by atoms with E-state index in [1.54, 1.807) is 0 Å². The average Bonchev–Trinajstić information content (AvgIpc) is 2.52. The average molecular weight is 332 g/mol. The Bertz CT molecular complexity index is 399. The Hall–Kier alpha value is -0.910. The first-order valence-electron chi connectivity index (χ1n) is 6.98. The molecule has 0 aliphatic carbocycles. The van der Waals surface area contributed by atoms with Gasteiger partial charge >= 0.3 is 5.97 Å². The van der Waals surface area contributed by atoms with Gasteiger partial charge in [0.1, 0.15) is 5.75 Å². The molecule has 0 radical (unpaired) electrons. The minimum Gasteiger partial charge on any atom is -0.482 e. The third-order valence-electron chi connectivity index (χ3n) is 3.09. The summed E-state index contributed by atoms with van der Waals surface area (Å²) in [6.07, 6.45) is 0.891. The fraction of sp³-hybridized carbons (Fsp3) is 0.533. The highest BCUT2D eigenvalue weighted by Gasteiger charge is 2.10. The van der Waals surface area contributed by atoms with E-state index in [9.17, 15) is 4.79 Å². The predicted octanol–water partition coefficient (Wildman–Crippen LogP) is 2.47. The summed E-state index contributed by atoms with van der Waals surface area (Å²) in [4.78, 5) is 13.9. The molecule has 21 heavy (non-hydrogen) atoms. The zero-order valence-corrected chi connectivity index (χ0v) is 13.7. The number of hydrogen-bond acceptors (Lipinski definition) is 5. The molecular weight excluding hydrogens is 310 g/mol. The minimum atomic E-state index is -0.303. The van der Waals surface area contributed by atoms with E-state index < -0.39 is 0 Å². The van der Waals surface area contributed by atoms with Crippen LogP contribution < -0.4 is 4.74 Å². The van der Waals surface area contributed by atoms with Crippen molar-refractivity contribution in [3.8, 4) is 5.75 Å². The Morgan fingerprint density at radius 3 is 2.62 bits per heavy atom. The number of carbonyl (C=O) groups excluding carboxylic acids is 1. The molecule has 118 valence electrons. The number of hydrogen-bond donors (Lipinski definition) is 0. The maximum Gasteiger partial charge on any atom is 0.344 e. The van der Waals surface area contributed by atoms with Gasteiger partial charge in [-0.3, -0.25) is 0 Å². The Morgan fingerprint density at radius 1 is 1.19 bits per heavy atom. The first kappa shape index (κ1) is 18.1. The SMILES string of the molecule is Cl.O=C(COc1ccccc1)OCCCN1CCSCC1. The van der Waals surface area contributed by atoms with E-state index in [2.05, 4.69) is 4.90 Å². The predicted molar refractivity (Wildman–Crippen MR) is 88.5 cm³/mol. The number of ether oxygens (including phenoxy) is 2. The summed E-state index contributed by atoms with van der Waals surface area (Å²) >= 11 is 2.00. The van der Waals surface area contributed by atoms with Crippen molar-refractivity contribution >= 4 is 30.1 Å². The third-order valence-corrected chi connectivity index (χ3v) is 4.03. The van der Waals surface area contributed by atoms with E-state index in [1.807, 2.05) is 42.1 Å². The van der Waals surface area contributed by atoms with Gasteiger partial charge in [-0.05, 0) is 18.6 Å². The second-order valence-electron chi connectivity index (χ2n) is 4.63. The quantitative estimate of drug-likeness (QED) is 0.567. The molecule has 0 unspecified atom stereocenters. The van der Waals surface area contributed by atoms with Gasteiger partial charge in [-0.25, -0.2) is 4.79 Å². The second kappa shape index (κ2) is 10.8. The lowest BCUT2D eigenvalue weighted by Gasteiger charge is -2.25. The lowest BCUT2D eigenvalue weighted by Crippen LogP contribution is -2.34. The molecule has 1 aromatic carbocycles. The van der Waals surface area contributed by atoms with Crippen molar-refractivity contribution in [1.29, 1.82) is 0 Å². The van der Waals surface area contributed by atoms with Crippen LogP contribution >= 0.6 is 24.2 Å². The molecule has 1 saturated heterocycles. The van der Waals surface area contributed by atoms with Crippen molar-refractivity contribution in [2.75, 3.05) is 44.4 Å². The van der Waals surface area contributed by atoms with Crippen LogP contribution in [-0.2, 0) is 9.53 Å². The van der Waals surface area contributed by atoms with Crippen LogP contribution in [0.3, 0.4) is 0 Å². The molecule has 2 rings (SSSR count). The normalized spacial score (nSPS) is 15.0. The summed E-state index contributed by atoms with van der Waals surface area (Å²) in [6.45, 7) is 3.75. The topological polar surface area (TPSA) is 38.8 Å². The first-order valence-corrected chi connectivity index (χ1v) is 8.13. The first-order chi connectivity index (χ1) is 9.84. The largest absolute Gasteiger partial charge is 0.482 e. The summed E-state index contributed by atoms with van der Waals surface area (Å²) < 4.78 is 10.5. The molecule has 4 nitrogen and oxygen atoms in total. The third kappa shape index (κ3) is 7.60. The van der Waals surface area contributed by atoms with Gasteiger partial charge in [0.25, 0.3) is 0 Å². The molecule has 6 heteroatoms. The molecule has 1 aliphatic heterocycles. The molecule has 0 saturated carbocycles. The summed E-state index contributed by atoms with van der Waals surface area (Å²) in [7, 11) is 0. The fourth-order valence-electron chi connectivity index (χ4n) is 2.00. The van der Waals surface area contributed by atoms with Crippen molar-refractivity contribution in [2.24, 2.45) is 0 Å². The number of para-hydroxylation sites is 1. The minimum absolute atomic E-state index is 0. The van der Waals surface area contributed by atoms with Crippen LogP contribution in [0.4, 0.5) is 0 Å². The van der Waals surface area contributed by atoms with Crippen LogP contribution in [-0.4, -0.2) is 55.2 Å². The Labute approximate surface area is 136 Å². The zero-order valence-electron chi connectivity index (χ0n) is 12.0. The molecule has 0 atom stereocenters. The number of carbonyl (C=O) groups is 1. The number of rotatable bonds is 7. The van der Waals surface area contributed by atoms with Gasteiger partial charge in [-0.1, -0.05) is 18.2 Å². The van der Waals surface area contributed by atoms with Gasteiger partial charge in [0.2, 0.25) is 0 Å². The van der Waals surface area contributed by atoms with Gasteiger partial charge in [0.15, 0.2) is 6.61 Å². The molecule has 1 fully saturated rings. The molecule has 0 bridgehead atoms. The lowest BCUT2D eigenvalue weighted by atomic mass is 10.3. The number of halogens is 1. The van der Waals surface area contributed by atoms with Gasteiger partial charge < -0.3 is 14.4 Å². The van der Waals surface area contributed by atoms with E-state index in [-0.39, 0.29) is 25.0 Å². The van der Waals surface area contributed by atoms with Crippen LogP contribution in [0.25, 0.3) is 0 Å². The Morgan fingerprint density at radius 2 is 1.90 bits per heavy atom. The van der Waals surface area contributed by atoms with Crippen molar-refractivity contribution in [3.63, 3.8) is 0 Å². The van der Waals surface area contributed by atoms with Gasteiger partial charge in [0, 0.05) is 31.1 Å². The smallest absolute Gasteiger partial charge is 0.344 e. The Kier molecular flexibility index (Phi) is 9.30. The van der Waals surface area contributed by atoms with Crippen molar-refractivity contribution in [3.05, 3.63) is 30.3 Å². The maximum absolute atomic E-state index is 11.5. The van der Waals surface area contributed by atoms with E-state index in [4.69, 9.17) is 9.47 Å².